The van der Waals surface area contributed by atoms with Crippen molar-refractivity contribution in [2.75, 3.05) is 0 Å². The molecule has 0 unspecified atom stereocenters. The summed E-state index contributed by atoms with van der Waals surface area (Å²) in [7, 11) is 0. The first-order chi connectivity index (χ1) is 10.8. The van der Waals surface area contributed by atoms with Gasteiger partial charge in [0.25, 0.3) is 0 Å². The van der Waals surface area contributed by atoms with E-state index in [0.717, 1.165) is 33.2 Å². The molecule has 3 heteroatoms. The van der Waals surface area contributed by atoms with Crippen LogP contribution in [0.3, 0.4) is 0 Å². The van der Waals surface area contributed by atoms with Crippen molar-refractivity contribution in [2.24, 2.45) is 0 Å². The summed E-state index contributed by atoms with van der Waals surface area (Å²) < 4.78 is 2.12. The second-order valence-corrected chi connectivity index (χ2v) is 5.55. The van der Waals surface area contributed by atoms with Gasteiger partial charge >= 0.3 is 0 Å². The third-order valence-electron chi connectivity index (χ3n) is 3.69. The summed E-state index contributed by atoms with van der Waals surface area (Å²) in [5, 5.41) is 0.730. The fraction of sp³-hybridized carbons (Fsp3) is 0. The predicted octanol–water partition coefficient (Wildman–Crippen LogP) is 5.32. The minimum absolute atomic E-state index is 0.730. The molecule has 0 atom stereocenters. The standard InChI is InChI=1S/C19H13ClN2/c20-16-11-9-14(10-12-16)18-19(15-6-2-1-3-7-15)22-13-5-4-8-17(22)21-18/h1-13H. The molecule has 0 bridgehead atoms. The fourth-order valence-corrected chi connectivity index (χ4v) is 2.80. The van der Waals surface area contributed by atoms with Crippen molar-refractivity contribution in [3.63, 3.8) is 0 Å². The Morgan fingerprint density at radius 1 is 0.727 bits per heavy atom. The second kappa shape index (κ2) is 5.32. The monoisotopic (exact) mass is 304 g/mol. The van der Waals surface area contributed by atoms with Gasteiger partial charge in [-0.1, -0.05) is 60.1 Å². The molecule has 4 rings (SSSR count). The normalized spacial score (nSPS) is 11.0. The van der Waals surface area contributed by atoms with E-state index >= 15 is 0 Å². The van der Waals surface area contributed by atoms with E-state index in [-0.39, 0.29) is 0 Å². The zero-order valence-corrected chi connectivity index (χ0v) is 12.5. The van der Waals surface area contributed by atoms with Crippen molar-refractivity contribution < 1.29 is 0 Å². The van der Waals surface area contributed by atoms with E-state index in [1.54, 1.807) is 0 Å². The van der Waals surface area contributed by atoms with E-state index in [2.05, 4.69) is 16.5 Å². The first kappa shape index (κ1) is 13.1. The molecule has 0 saturated heterocycles. The molecule has 2 aromatic carbocycles. The number of halogens is 1. The average Bonchev–Trinajstić information content (AvgIpc) is 2.96. The van der Waals surface area contributed by atoms with Gasteiger partial charge in [0.1, 0.15) is 5.65 Å². The lowest BCUT2D eigenvalue weighted by Gasteiger charge is -2.05. The Morgan fingerprint density at radius 2 is 1.45 bits per heavy atom. The van der Waals surface area contributed by atoms with Gasteiger partial charge in [-0.3, -0.25) is 4.40 Å². The number of hydrogen-bond donors (Lipinski definition) is 0. The van der Waals surface area contributed by atoms with Crippen LogP contribution >= 0.6 is 11.6 Å². The Bertz CT molecular complexity index is 925. The highest BCUT2D eigenvalue weighted by Gasteiger charge is 2.15. The largest absolute Gasteiger partial charge is 0.299 e. The molecule has 0 amide bonds. The molecular formula is C19H13ClN2. The van der Waals surface area contributed by atoms with Gasteiger partial charge in [-0.05, 0) is 24.3 Å². The molecule has 2 aromatic heterocycles. The van der Waals surface area contributed by atoms with E-state index in [4.69, 9.17) is 16.6 Å². The molecule has 22 heavy (non-hydrogen) atoms. The van der Waals surface area contributed by atoms with Crippen LogP contribution in [0.2, 0.25) is 5.02 Å². The number of benzene rings is 2. The summed E-state index contributed by atoms with van der Waals surface area (Å²) in [5.74, 6) is 0. The summed E-state index contributed by atoms with van der Waals surface area (Å²) in [5.41, 5.74) is 5.21. The van der Waals surface area contributed by atoms with E-state index < -0.39 is 0 Å². The van der Waals surface area contributed by atoms with Gasteiger partial charge in [-0.15, -0.1) is 0 Å². The molecule has 0 aliphatic carbocycles. The van der Waals surface area contributed by atoms with E-state index in [0.29, 0.717) is 0 Å². The Labute approximate surface area is 133 Å². The number of rotatable bonds is 2. The van der Waals surface area contributed by atoms with Crippen molar-refractivity contribution in [3.8, 4) is 22.5 Å². The Kier molecular flexibility index (Phi) is 3.17. The SMILES string of the molecule is Clc1ccc(-c2nc3ccccn3c2-c2ccccc2)cc1. The van der Waals surface area contributed by atoms with Crippen LogP contribution in [0, 0.1) is 0 Å². The van der Waals surface area contributed by atoms with Crippen molar-refractivity contribution in [1.29, 1.82) is 0 Å². The highest BCUT2D eigenvalue weighted by atomic mass is 35.5. The number of nitrogens with zero attached hydrogens (tertiary/aromatic N) is 2. The second-order valence-electron chi connectivity index (χ2n) is 5.11. The smallest absolute Gasteiger partial charge is 0.137 e. The maximum atomic E-state index is 6.01. The molecule has 0 N–H and O–H groups in total. The van der Waals surface area contributed by atoms with Gasteiger partial charge in [-0.25, -0.2) is 4.98 Å². The van der Waals surface area contributed by atoms with E-state index in [1.165, 1.54) is 0 Å². The fourth-order valence-electron chi connectivity index (χ4n) is 2.68. The van der Waals surface area contributed by atoms with Crippen LogP contribution in [0.15, 0.2) is 79.0 Å². The quantitative estimate of drug-likeness (QED) is 0.490. The Hall–Kier alpha value is -2.58. The van der Waals surface area contributed by atoms with Gasteiger partial charge < -0.3 is 0 Å². The van der Waals surface area contributed by atoms with Crippen LogP contribution in [0.5, 0.6) is 0 Å². The Balaban J connectivity index is 2.04. The number of fused-ring (bicyclic) bond motifs is 1. The molecule has 2 nitrogen and oxygen atoms in total. The van der Waals surface area contributed by atoms with Crippen molar-refractivity contribution >= 4 is 17.2 Å². The Morgan fingerprint density at radius 3 is 2.23 bits per heavy atom. The summed E-state index contributed by atoms with van der Waals surface area (Å²) >= 11 is 6.01. The maximum Gasteiger partial charge on any atom is 0.137 e. The summed E-state index contributed by atoms with van der Waals surface area (Å²) in [6.45, 7) is 0. The van der Waals surface area contributed by atoms with Gasteiger partial charge in [0.15, 0.2) is 0 Å². The zero-order valence-electron chi connectivity index (χ0n) is 11.8. The van der Waals surface area contributed by atoms with Gasteiger partial charge in [0, 0.05) is 22.3 Å². The van der Waals surface area contributed by atoms with Crippen LogP contribution in [-0.4, -0.2) is 9.38 Å². The van der Waals surface area contributed by atoms with Gasteiger partial charge in [0.2, 0.25) is 0 Å². The summed E-state index contributed by atoms with van der Waals surface area (Å²) in [6, 6.07) is 24.2. The number of imidazole rings is 1. The molecule has 0 aliphatic rings. The topological polar surface area (TPSA) is 17.3 Å². The highest BCUT2D eigenvalue weighted by Crippen LogP contribution is 2.33. The van der Waals surface area contributed by atoms with Gasteiger partial charge in [0.05, 0.1) is 11.4 Å². The molecule has 2 heterocycles. The minimum Gasteiger partial charge on any atom is -0.299 e. The molecule has 0 fully saturated rings. The third-order valence-corrected chi connectivity index (χ3v) is 3.95. The van der Waals surface area contributed by atoms with Crippen molar-refractivity contribution in [1.82, 2.24) is 9.38 Å². The van der Waals surface area contributed by atoms with Crippen molar-refractivity contribution in [2.45, 2.75) is 0 Å². The average molecular weight is 305 g/mol. The summed E-state index contributed by atoms with van der Waals surface area (Å²) in [6.07, 6.45) is 2.05. The van der Waals surface area contributed by atoms with E-state index in [9.17, 15) is 0 Å². The van der Waals surface area contributed by atoms with Crippen molar-refractivity contribution in [3.05, 3.63) is 84.0 Å². The third kappa shape index (κ3) is 2.18. The molecule has 0 saturated carbocycles. The molecule has 4 aromatic rings. The zero-order chi connectivity index (χ0) is 14.9. The molecule has 0 aliphatic heterocycles. The highest BCUT2D eigenvalue weighted by molar-refractivity contribution is 6.30. The molecule has 0 radical (unpaired) electrons. The lowest BCUT2D eigenvalue weighted by atomic mass is 10.1. The number of aromatic nitrogens is 2. The minimum atomic E-state index is 0.730. The predicted molar refractivity (Wildman–Crippen MR) is 91.1 cm³/mol. The van der Waals surface area contributed by atoms with E-state index in [1.807, 2.05) is 66.9 Å². The lowest BCUT2D eigenvalue weighted by molar-refractivity contribution is 1.19. The maximum absolute atomic E-state index is 6.01. The first-order valence-electron chi connectivity index (χ1n) is 7.11. The van der Waals surface area contributed by atoms with Crippen LogP contribution in [0.1, 0.15) is 0 Å². The molecule has 0 spiro atoms. The van der Waals surface area contributed by atoms with Gasteiger partial charge in [-0.2, -0.15) is 0 Å². The lowest BCUT2D eigenvalue weighted by Crippen LogP contribution is -1.88. The van der Waals surface area contributed by atoms with Crippen LogP contribution in [-0.2, 0) is 0 Å². The van der Waals surface area contributed by atoms with Crippen LogP contribution < -0.4 is 0 Å². The number of pyridine rings is 1. The number of hydrogen-bond acceptors (Lipinski definition) is 1. The van der Waals surface area contributed by atoms with Crippen LogP contribution in [0.25, 0.3) is 28.2 Å². The van der Waals surface area contributed by atoms with Crippen LogP contribution in [0.4, 0.5) is 0 Å². The molecule has 106 valence electrons. The first-order valence-corrected chi connectivity index (χ1v) is 7.49. The summed E-state index contributed by atoms with van der Waals surface area (Å²) in [4.78, 5) is 4.81. The molecular weight excluding hydrogens is 292 g/mol.